The van der Waals surface area contributed by atoms with Crippen LogP contribution in [0, 0.1) is 0 Å². The molecule has 3 N–H and O–H groups in total. The van der Waals surface area contributed by atoms with Gasteiger partial charge in [-0.05, 0) is 13.8 Å². The molecule has 0 spiro atoms. The van der Waals surface area contributed by atoms with Crippen molar-refractivity contribution in [1.82, 2.24) is 10.2 Å². The van der Waals surface area contributed by atoms with E-state index in [-0.39, 0.29) is 5.96 Å². The highest BCUT2D eigenvalue weighted by atomic mass is 32.2. The SMILES string of the molecule is CCN(CC)C(=S)S[C@@H]1C(=O)N=C(N)NC1=O. The second-order valence-electron chi connectivity index (χ2n) is 3.26. The summed E-state index contributed by atoms with van der Waals surface area (Å²) in [5.74, 6) is -1.20. The van der Waals surface area contributed by atoms with Crippen LogP contribution in [0.1, 0.15) is 13.8 Å². The number of amides is 2. The number of rotatable bonds is 3. The number of aliphatic imine (C=N–C) groups is 1. The molecule has 0 radical (unpaired) electrons. The number of hydrogen-bond donors (Lipinski definition) is 2. The highest BCUT2D eigenvalue weighted by Gasteiger charge is 2.33. The summed E-state index contributed by atoms with van der Waals surface area (Å²) in [4.78, 5) is 28.5. The van der Waals surface area contributed by atoms with Gasteiger partial charge in [-0.3, -0.25) is 14.9 Å². The fourth-order valence-corrected chi connectivity index (χ4v) is 2.75. The van der Waals surface area contributed by atoms with Crippen LogP contribution in [0.5, 0.6) is 0 Å². The van der Waals surface area contributed by atoms with E-state index >= 15 is 0 Å². The Morgan fingerprint density at radius 2 is 2.12 bits per heavy atom. The molecule has 0 aromatic rings. The predicted octanol–water partition coefficient (Wildman–Crippen LogP) is -0.314. The molecule has 0 aromatic heterocycles. The average molecular weight is 274 g/mol. The van der Waals surface area contributed by atoms with E-state index in [0.717, 1.165) is 24.9 Å². The standard InChI is InChI=1S/C9H14N4O2S2/c1-3-13(4-2)9(16)17-5-6(14)11-8(10)12-7(5)15/h5H,3-4H2,1-2H3,(H3,10,11,12,14,15). The van der Waals surface area contributed by atoms with Crippen molar-refractivity contribution in [2.45, 2.75) is 19.1 Å². The van der Waals surface area contributed by atoms with Crippen molar-refractivity contribution in [3.63, 3.8) is 0 Å². The van der Waals surface area contributed by atoms with E-state index < -0.39 is 17.1 Å². The number of hydrogen-bond acceptors (Lipinski definition) is 5. The van der Waals surface area contributed by atoms with Crippen molar-refractivity contribution in [2.75, 3.05) is 13.1 Å². The van der Waals surface area contributed by atoms with Gasteiger partial charge < -0.3 is 10.6 Å². The number of nitrogens with zero attached hydrogens (tertiary/aromatic N) is 2. The molecule has 0 aliphatic carbocycles. The summed E-state index contributed by atoms with van der Waals surface area (Å²) >= 11 is 6.20. The quantitative estimate of drug-likeness (QED) is 0.542. The lowest BCUT2D eigenvalue weighted by Gasteiger charge is -2.24. The molecule has 1 atom stereocenters. The van der Waals surface area contributed by atoms with Gasteiger partial charge in [0.2, 0.25) is 11.9 Å². The third kappa shape index (κ3) is 3.40. The lowest BCUT2D eigenvalue weighted by Crippen LogP contribution is -2.50. The van der Waals surface area contributed by atoms with Crippen LogP contribution in [-0.2, 0) is 9.59 Å². The predicted molar refractivity (Wildman–Crippen MR) is 71.7 cm³/mol. The first-order valence-electron chi connectivity index (χ1n) is 5.14. The van der Waals surface area contributed by atoms with E-state index in [9.17, 15) is 9.59 Å². The van der Waals surface area contributed by atoms with Crippen molar-refractivity contribution in [2.24, 2.45) is 10.7 Å². The van der Waals surface area contributed by atoms with Gasteiger partial charge in [0.15, 0.2) is 5.25 Å². The van der Waals surface area contributed by atoms with Crippen LogP contribution in [0.2, 0.25) is 0 Å². The van der Waals surface area contributed by atoms with E-state index in [1.807, 2.05) is 18.7 Å². The monoisotopic (exact) mass is 274 g/mol. The molecule has 1 heterocycles. The first-order valence-corrected chi connectivity index (χ1v) is 6.42. The zero-order chi connectivity index (χ0) is 13.0. The topological polar surface area (TPSA) is 87.8 Å². The second-order valence-corrected chi connectivity index (χ2v) is 5.00. The Morgan fingerprint density at radius 1 is 1.53 bits per heavy atom. The third-order valence-electron chi connectivity index (χ3n) is 2.18. The van der Waals surface area contributed by atoms with Crippen molar-refractivity contribution < 1.29 is 9.59 Å². The minimum atomic E-state index is -0.935. The average Bonchev–Trinajstić information content (AvgIpc) is 2.25. The molecule has 1 aliphatic rings. The smallest absolute Gasteiger partial charge is 0.272 e. The summed E-state index contributed by atoms with van der Waals surface area (Å²) in [6.07, 6.45) is 0. The molecule has 2 amide bonds. The number of nitrogens with two attached hydrogens (primary N) is 1. The minimum absolute atomic E-state index is 0.161. The highest BCUT2D eigenvalue weighted by molar-refractivity contribution is 8.24. The zero-order valence-corrected chi connectivity index (χ0v) is 11.2. The Balaban J connectivity index is 2.72. The normalized spacial score (nSPS) is 19.6. The van der Waals surface area contributed by atoms with Crippen LogP contribution in [0.4, 0.5) is 0 Å². The molecule has 8 heteroatoms. The van der Waals surface area contributed by atoms with E-state index in [0.29, 0.717) is 4.32 Å². The number of carbonyl (C=O) groups is 2. The number of carbonyl (C=O) groups excluding carboxylic acids is 2. The first kappa shape index (κ1) is 13.9. The molecule has 0 saturated heterocycles. The summed E-state index contributed by atoms with van der Waals surface area (Å²) in [5.41, 5.74) is 5.27. The summed E-state index contributed by atoms with van der Waals surface area (Å²) in [7, 11) is 0. The number of nitrogens with one attached hydrogen (secondary N) is 1. The van der Waals surface area contributed by atoms with Gasteiger partial charge >= 0.3 is 0 Å². The van der Waals surface area contributed by atoms with E-state index in [1.165, 1.54) is 0 Å². The van der Waals surface area contributed by atoms with Gasteiger partial charge in [0.25, 0.3) is 5.91 Å². The third-order valence-corrected chi connectivity index (χ3v) is 3.84. The molecular formula is C9H14N4O2S2. The highest BCUT2D eigenvalue weighted by Crippen LogP contribution is 2.19. The molecule has 0 aromatic carbocycles. The fourth-order valence-electron chi connectivity index (χ4n) is 1.27. The second kappa shape index (κ2) is 5.97. The molecule has 0 saturated carbocycles. The lowest BCUT2D eigenvalue weighted by atomic mass is 10.3. The van der Waals surface area contributed by atoms with Crippen LogP contribution in [0.3, 0.4) is 0 Å². The molecule has 1 rings (SSSR count). The molecule has 0 bridgehead atoms. The van der Waals surface area contributed by atoms with Crippen molar-refractivity contribution >= 4 is 46.1 Å². The van der Waals surface area contributed by atoms with Crippen LogP contribution >= 0.6 is 24.0 Å². The Labute approximate surface area is 109 Å². The van der Waals surface area contributed by atoms with Crippen molar-refractivity contribution in [3.8, 4) is 0 Å². The molecule has 0 fully saturated rings. The summed E-state index contributed by atoms with van der Waals surface area (Å²) in [5, 5.41) is 1.37. The molecule has 1 aliphatic heterocycles. The Hall–Kier alpha value is -1.15. The summed E-state index contributed by atoms with van der Waals surface area (Å²) < 4.78 is 0.513. The van der Waals surface area contributed by atoms with E-state index in [4.69, 9.17) is 18.0 Å². The molecule has 94 valence electrons. The van der Waals surface area contributed by atoms with E-state index in [2.05, 4.69) is 10.3 Å². The maximum atomic E-state index is 11.6. The number of thioether (sulfide) groups is 1. The van der Waals surface area contributed by atoms with Gasteiger partial charge in [-0.15, -0.1) is 0 Å². The fraction of sp³-hybridized carbons (Fsp3) is 0.556. The van der Waals surface area contributed by atoms with E-state index in [1.54, 1.807) is 0 Å². The van der Waals surface area contributed by atoms with Crippen LogP contribution in [-0.4, -0.2) is 45.3 Å². The Morgan fingerprint density at radius 3 is 2.59 bits per heavy atom. The Bertz CT molecular complexity index is 379. The number of guanidine groups is 1. The molecular weight excluding hydrogens is 260 g/mol. The van der Waals surface area contributed by atoms with Gasteiger partial charge in [-0.2, -0.15) is 4.99 Å². The molecule has 0 unspecified atom stereocenters. The number of thiocarbonyl (C=S) groups is 1. The largest absolute Gasteiger partial charge is 0.369 e. The maximum Gasteiger partial charge on any atom is 0.272 e. The van der Waals surface area contributed by atoms with Gasteiger partial charge in [0.1, 0.15) is 4.32 Å². The maximum absolute atomic E-state index is 11.6. The Kier molecular flexibility index (Phi) is 4.88. The zero-order valence-electron chi connectivity index (χ0n) is 9.60. The molecule has 6 nitrogen and oxygen atoms in total. The van der Waals surface area contributed by atoms with Crippen LogP contribution in [0.25, 0.3) is 0 Å². The van der Waals surface area contributed by atoms with Gasteiger partial charge in [-0.25, -0.2) is 0 Å². The van der Waals surface area contributed by atoms with Crippen molar-refractivity contribution in [3.05, 3.63) is 0 Å². The first-order chi connectivity index (χ1) is 7.99. The summed E-state index contributed by atoms with van der Waals surface area (Å²) in [6.45, 7) is 5.37. The van der Waals surface area contributed by atoms with Crippen LogP contribution in [0.15, 0.2) is 4.99 Å². The van der Waals surface area contributed by atoms with Crippen LogP contribution < -0.4 is 11.1 Å². The minimum Gasteiger partial charge on any atom is -0.369 e. The van der Waals surface area contributed by atoms with Gasteiger partial charge in [0, 0.05) is 13.1 Å². The van der Waals surface area contributed by atoms with Gasteiger partial charge in [0.05, 0.1) is 0 Å². The molecule has 17 heavy (non-hydrogen) atoms. The van der Waals surface area contributed by atoms with Crippen molar-refractivity contribution in [1.29, 1.82) is 0 Å². The summed E-state index contributed by atoms with van der Waals surface area (Å²) in [6, 6.07) is 0. The lowest BCUT2D eigenvalue weighted by molar-refractivity contribution is -0.126. The van der Waals surface area contributed by atoms with Gasteiger partial charge in [-0.1, -0.05) is 24.0 Å².